The molecule has 108 valence electrons. The minimum Gasteiger partial charge on any atom is -0.0682 e. The van der Waals surface area contributed by atoms with Gasteiger partial charge in [-0.15, -0.1) is 0 Å². The molecule has 0 aliphatic carbocycles. The second-order valence-corrected chi connectivity index (χ2v) is 18.6. The van der Waals surface area contributed by atoms with Crippen LogP contribution in [-0.2, 0) is 0 Å². The maximum Gasteiger partial charge on any atom is 0.0789 e. The summed E-state index contributed by atoms with van der Waals surface area (Å²) in [7, 11) is -0.851. The van der Waals surface area contributed by atoms with Crippen molar-refractivity contribution in [3.63, 3.8) is 0 Å². The fourth-order valence-electron chi connectivity index (χ4n) is 2.21. The molecule has 3 heteroatoms. The first-order valence-electron chi connectivity index (χ1n) is 7.70. The van der Waals surface area contributed by atoms with E-state index < -0.39 is 23.1 Å². The second kappa shape index (κ2) is 10.9. The van der Waals surface area contributed by atoms with Crippen LogP contribution in [0.5, 0.6) is 0 Å². The summed E-state index contributed by atoms with van der Waals surface area (Å²) < 4.78 is 0. The maximum atomic E-state index is 2.41. The fraction of sp³-hybridized carbons (Fsp3) is 0.625. The summed E-state index contributed by atoms with van der Waals surface area (Å²) in [5.74, 6) is 0. The van der Waals surface area contributed by atoms with Crippen molar-refractivity contribution in [1.29, 1.82) is 0 Å². The second-order valence-electron chi connectivity index (χ2n) is 5.55. The fourth-order valence-corrected chi connectivity index (χ4v) is 9.39. The van der Waals surface area contributed by atoms with Crippen LogP contribution in [-0.4, -0.2) is 31.9 Å². The van der Waals surface area contributed by atoms with E-state index in [0.717, 1.165) is 0 Å². The quantitative estimate of drug-likeness (QED) is 0.705. The SMILES string of the molecule is C[CH2][Ge]([CH2]C)[CH2]C.C[Si](C)c1ccccc1[SiH](C)C. The summed E-state index contributed by atoms with van der Waals surface area (Å²) in [6, 6.07) is 8.99. The molecule has 0 atom stereocenters. The van der Waals surface area contributed by atoms with Gasteiger partial charge in [0.25, 0.3) is 0 Å². The van der Waals surface area contributed by atoms with Gasteiger partial charge in [0, 0.05) is 0 Å². The summed E-state index contributed by atoms with van der Waals surface area (Å²) in [6.45, 7) is 16.6. The molecular weight excluding hydrogens is 321 g/mol. The van der Waals surface area contributed by atoms with Gasteiger partial charge in [-0.05, 0) is 0 Å². The third-order valence-corrected chi connectivity index (χ3v) is 13.5. The van der Waals surface area contributed by atoms with Crippen LogP contribution in [0, 0.1) is 0 Å². The van der Waals surface area contributed by atoms with Gasteiger partial charge in [0.2, 0.25) is 0 Å². The van der Waals surface area contributed by atoms with Gasteiger partial charge in [-0.2, -0.15) is 0 Å². The van der Waals surface area contributed by atoms with E-state index >= 15 is 0 Å². The normalized spacial score (nSPS) is 10.8. The molecule has 0 fully saturated rings. The first-order valence-corrected chi connectivity index (χ1v) is 17.5. The molecule has 1 rings (SSSR count). The standard InChI is InChI=1S/C10H17Si2.C6H15Ge/c1-11(2)9-7-5-6-8-10(9)12(3)4;1-4-7(5-2)6-3/h5-8,11H,1-4H3;4-6H2,1-3H3. The Balaban J connectivity index is 0.000000399. The topological polar surface area (TPSA) is 0 Å². The summed E-state index contributed by atoms with van der Waals surface area (Å²) in [5, 5.41) is 7.90. The van der Waals surface area contributed by atoms with Gasteiger partial charge in [0.15, 0.2) is 0 Å². The Morgan fingerprint density at radius 3 is 1.68 bits per heavy atom. The molecule has 19 heavy (non-hydrogen) atoms. The van der Waals surface area contributed by atoms with E-state index in [-0.39, 0.29) is 8.80 Å². The largest absolute Gasteiger partial charge is 0.0789 e. The minimum atomic E-state index is -0.599. The average Bonchev–Trinajstić information content (AvgIpc) is 2.41. The van der Waals surface area contributed by atoms with Gasteiger partial charge >= 0.3 is 50.9 Å². The Hall–Kier alpha value is 0.197. The molecule has 0 spiro atoms. The molecule has 2 radical (unpaired) electrons. The van der Waals surface area contributed by atoms with Gasteiger partial charge in [0.1, 0.15) is 0 Å². The summed E-state index contributed by atoms with van der Waals surface area (Å²) in [4.78, 5) is 0. The Labute approximate surface area is 129 Å². The van der Waals surface area contributed by atoms with Crippen molar-refractivity contribution in [3.05, 3.63) is 24.3 Å². The van der Waals surface area contributed by atoms with Crippen molar-refractivity contribution in [2.75, 3.05) is 0 Å². The maximum absolute atomic E-state index is 2.41. The number of rotatable bonds is 5. The first kappa shape index (κ1) is 19.2. The number of hydrogen-bond donors (Lipinski definition) is 0. The van der Waals surface area contributed by atoms with E-state index in [9.17, 15) is 0 Å². The van der Waals surface area contributed by atoms with E-state index in [0.29, 0.717) is 0 Å². The van der Waals surface area contributed by atoms with E-state index in [1.165, 1.54) is 15.8 Å². The third-order valence-electron chi connectivity index (χ3n) is 3.62. The molecule has 0 aliphatic rings. The van der Waals surface area contributed by atoms with Crippen LogP contribution < -0.4 is 10.4 Å². The predicted octanol–water partition coefficient (Wildman–Crippen LogP) is 3.88. The predicted molar refractivity (Wildman–Crippen MR) is 99.3 cm³/mol. The Bertz CT molecular complexity index is 301. The smallest absolute Gasteiger partial charge is 0.0682 e. The van der Waals surface area contributed by atoms with Gasteiger partial charge in [0.05, 0.1) is 17.6 Å². The van der Waals surface area contributed by atoms with E-state index in [1.54, 1.807) is 10.4 Å². The van der Waals surface area contributed by atoms with E-state index in [4.69, 9.17) is 0 Å². The van der Waals surface area contributed by atoms with E-state index in [1.807, 2.05) is 0 Å². The zero-order valence-corrected chi connectivity index (χ0v) is 18.3. The molecule has 0 unspecified atom stereocenters. The summed E-state index contributed by atoms with van der Waals surface area (Å²) >= 11 is -0.403. The number of hydrogen-bond acceptors (Lipinski definition) is 0. The third kappa shape index (κ3) is 7.52. The molecule has 0 aromatic heterocycles. The zero-order valence-electron chi connectivity index (χ0n) is 14.0. The van der Waals surface area contributed by atoms with Crippen molar-refractivity contribution >= 4 is 42.3 Å². The minimum absolute atomic E-state index is 0.252. The molecule has 0 saturated carbocycles. The van der Waals surface area contributed by atoms with Crippen LogP contribution in [0.15, 0.2) is 24.3 Å². The molecule has 1 aromatic carbocycles. The molecule has 0 amide bonds. The van der Waals surface area contributed by atoms with Gasteiger partial charge in [-0.3, -0.25) is 0 Å². The van der Waals surface area contributed by atoms with Crippen molar-refractivity contribution in [2.45, 2.75) is 62.7 Å². The van der Waals surface area contributed by atoms with Crippen LogP contribution in [0.25, 0.3) is 0 Å². The van der Waals surface area contributed by atoms with Crippen molar-refractivity contribution < 1.29 is 0 Å². The molecule has 0 saturated heterocycles. The molecule has 0 N–H and O–H groups in total. The van der Waals surface area contributed by atoms with Crippen LogP contribution in [0.1, 0.15) is 20.8 Å². The molecular formula is C16H32GeSi2. The number of benzene rings is 1. The van der Waals surface area contributed by atoms with Gasteiger partial charge in [-0.25, -0.2) is 0 Å². The first-order chi connectivity index (χ1) is 8.97. The Morgan fingerprint density at radius 2 is 1.42 bits per heavy atom. The van der Waals surface area contributed by atoms with Crippen LogP contribution in [0.4, 0.5) is 0 Å². The van der Waals surface area contributed by atoms with Crippen molar-refractivity contribution in [1.82, 2.24) is 0 Å². The monoisotopic (exact) mass is 354 g/mol. The molecule has 0 bridgehead atoms. The molecule has 0 nitrogen and oxygen atoms in total. The zero-order chi connectivity index (χ0) is 14.8. The van der Waals surface area contributed by atoms with Crippen LogP contribution in [0.3, 0.4) is 0 Å². The van der Waals surface area contributed by atoms with Gasteiger partial charge < -0.3 is 0 Å². The molecule has 0 aliphatic heterocycles. The Morgan fingerprint density at radius 1 is 0.947 bits per heavy atom. The van der Waals surface area contributed by atoms with Gasteiger partial charge in [-0.1, -0.05) is 60.8 Å². The van der Waals surface area contributed by atoms with Crippen LogP contribution in [0.2, 0.25) is 41.9 Å². The molecule has 0 heterocycles. The van der Waals surface area contributed by atoms with Crippen molar-refractivity contribution in [3.8, 4) is 0 Å². The van der Waals surface area contributed by atoms with Crippen LogP contribution >= 0.6 is 0 Å². The molecule has 1 aromatic rings. The summed E-state index contributed by atoms with van der Waals surface area (Å²) in [5.41, 5.74) is 0. The van der Waals surface area contributed by atoms with Crippen molar-refractivity contribution in [2.24, 2.45) is 0 Å². The summed E-state index contributed by atoms with van der Waals surface area (Å²) in [6.07, 6.45) is 0. The Kier molecular flexibility index (Phi) is 11.0. The average molecular weight is 353 g/mol. The van der Waals surface area contributed by atoms with E-state index in [2.05, 4.69) is 71.2 Å².